The summed E-state index contributed by atoms with van der Waals surface area (Å²) < 4.78 is 7.55. The van der Waals surface area contributed by atoms with Crippen molar-refractivity contribution in [1.82, 2.24) is 19.7 Å². The maximum Gasteiger partial charge on any atom is 0.236 e. The van der Waals surface area contributed by atoms with E-state index in [4.69, 9.17) is 10.2 Å². The van der Waals surface area contributed by atoms with Crippen molar-refractivity contribution in [3.8, 4) is 10.8 Å². The summed E-state index contributed by atoms with van der Waals surface area (Å²) in [6, 6.07) is 3.97. The van der Waals surface area contributed by atoms with Crippen LogP contribution in [0.25, 0.3) is 10.8 Å². The number of hydrogen-bond donors (Lipinski definition) is 1. The number of allylic oxidation sites excluding steroid dienone is 1. The number of aryl methyl sites for hydroxylation is 1. The van der Waals surface area contributed by atoms with Crippen molar-refractivity contribution in [3.05, 3.63) is 41.6 Å². The molecule has 0 atom stereocenters. The van der Waals surface area contributed by atoms with E-state index in [1.165, 1.54) is 11.8 Å². The maximum absolute atomic E-state index is 5.79. The molecule has 3 rings (SSSR count). The maximum atomic E-state index is 5.79. The Morgan fingerprint density at radius 1 is 1.50 bits per heavy atom. The van der Waals surface area contributed by atoms with E-state index in [1.807, 2.05) is 29.0 Å². The van der Waals surface area contributed by atoms with E-state index in [2.05, 4.69) is 21.8 Å². The molecule has 6 nitrogen and oxygen atoms in total. The summed E-state index contributed by atoms with van der Waals surface area (Å²) in [6.45, 7) is 6.22. The average molecular weight is 333 g/mol. The molecule has 0 radical (unpaired) electrons. The Labute approximate surface area is 136 Å². The Morgan fingerprint density at radius 2 is 2.36 bits per heavy atom. The van der Waals surface area contributed by atoms with Gasteiger partial charge in [0.05, 0.1) is 10.6 Å². The summed E-state index contributed by atoms with van der Waals surface area (Å²) in [7, 11) is 0. The Bertz CT molecular complexity index is 775. The van der Waals surface area contributed by atoms with Gasteiger partial charge in [-0.15, -0.1) is 28.1 Å². The Hall–Kier alpha value is -2.06. The molecule has 0 bridgehead atoms. The summed E-state index contributed by atoms with van der Waals surface area (Å²) in [5, 5.41) is 10.7. The van der Waals surface area contributed by atoms with E-state index in [9.17, 15) is 0 Å². The smallest absolute Gasteiger partial charge is 0.236 e. The molecular weight excluding hydrogens is 318 g/mol. The third-order valence-electron chi connectivity index (χ3n) is 3.02. The van der Waals surface area contributed by atoms with Crippen LogP contribution in [0.1, 0.15) is 11.5 Å². The van der Waals surface area contributed by atoms with Crippen molar-refractivity contribution in [2.24, 2.45) is 0 Å². The van der Waals surface area contributed by atoms with Gasteiger partial charge in [-0.05, 0) is 18.4 Å². The van der Waals surface area contributed by atoms with Crippen LogP contribution in [-0.4, -0.2) is 19.7 Å². The molecule has 0 saturated carbocycles. The predicted molar refractivity (Wildman–Crippen MR) is 88.7 cm³/mol. The number of aromatic nitrogens is 4. The number of thiophene rings is 1. The number of thioether (sulfide) groups is 1. The van der Waals surface area contributed by atoms with E-state index in [1.54, 1.807) is 17.4 Å². The molecule has 3 heterocycles. The highest BCUT2D eigenvalue weighted by molar-refractivity contribution is 7.98. The van der Waals surface area contributed by atoms with Crippen molar-refractivity contribution in [2.45, 2.75) is 24.4 Å². The van der Waals surface area contributed by atoms with Crippen LogP contribution < -0.4 is 5.73 Å². The van der Waals surface area contributed by atoms with Gasteiger partial charge in [-0.2, -0.15) is 0 Å². The normalized spacial score (nSPS) is 11.0. The van der Waals surface area contributed by atoms with Gasteiger partial charge in [-0.1, -0.05) is 23.9 Å². The lowest BCUT2D eigenvalue weighted by Gasteiger charge is -2.03. The molecule has 3 aromatic heterocycles. The van der Waals surface area contributed by atoms with Crippen molar-refractivity contribution in [2.75, 3.05) is 5.73 Å². The van der Waals surface area contributed by atoms with Crippen molar-refractivity contribution >= 4 is 29.0 Å². The molecule has 0 unspecified atom stereocenters. The molecule has 0 aliphatic rings. The lowest BCUT2D eigenvalue weighted by atomic mass is 10.4. The topological polar surface area (TPSA) is 82.8 Å². The second-order valence-corrected chi connectivity index (χ2v) is 6.42. The van der Waals surface area contributed by atoms with E-state index >= 15 is 0 Å². The molecule has 114 valence electrons. The summed E-state index contributed by atoms with van der Waals surface area (Å²) in [5.41, 5.74) is 6.69. The largest absolute Gasteiger partial charge is 0.440 e. The van der Waals surface area contributed by atoms with Crippen LogP contribution in [0, 0.1) is 6.92 Å². The number of rotatable bonds is 6. The summed E-state index contributed by atoms with van der Waals surface area (Å²) in [5.74, 6) is 2.52. The molecule has 0 saturated heterocycles. The van der Waals surface area contributed by atoms with Crippen LogP contribution in [0.5, 0.6) is 0 Å². The minimum atomic E-state index is 0.388. The van der Waals surface area contributed by atoms with Crippen LogP contribution in [-0.2, 0) is 12.3 Å². The van der Waals surface area contributed by atoms with E-state index < -0.39 is 0 Å². The van der Waals surface area contributed by atoms with Crippen LogP contribution in [0.15, 0.2) is 39.7 Å². The van der Waals surface area contributed by atoms with Gasteiger partial charge in [-0.3, -0.25) is 4.57 Å². The Morgan fingerprint density at radius 3 is 3.09 bits per heavy atom. The van der Waals surface area contributed by atoms with Crippen LogP contribution in [0.2, 0.25) is 0 Å². The second kappa shape index (κ2) is 6.37. The quantitative estimate of drug-likeness (QED) is 0.550. The standard InChI is InChI=1S/C14H15N5OS2/c1-3-6-19-13(15)17-18-14(19)22-8-10-9(2)20-12(16-10)11-5-4-7-21-11/h3-5,7H,1,6,8H2,2H3,(H2,15,17). The fraction of sp³-hybridized carbons (Fsp3) is 0.214. The fourth-order valence-electron chi connectivity index (χ4n) is 1.91. The zero-order valence-electron chi connectivity index (χ0n) is 12.0. The molecule has 8 heteroatoms. The highest BCUT2D eigenvalue weighted by Crippen LogP contribution is 2.29. The van der Waals surface area contributed by atoms with Crippen molar-refractivity contribution in [3.63, 3.8) is 0 Å². The van der Waals surface area contributed by atoms with E-state index in [-0.39, 0.29) is 0 Å². The zero-order chi connectivity index (χ0) is 15.5. The minimum absolute atomic E-state index is 0.388. The molecule has 0 aliphatic carbocycles. The zero-order valence-corrected chi connectivity index (χ0v) is 13.7. The second-order valence-electron chi connectivity index (χ2n) is 4.53. The third kappa shape index (κ3) is 2.93. The molecule has 0 amide bonds. The van der Waals surface area contributed by atoms with Gasteiger partial charge in [0.1, 0.15) is 5.76 Å². The molecule has 0 aliphatic heterocycles. The third-order valence-corrected chi connectivity index (χ3v) is 4.86. The molecular formula is C14H15N5OS2. The first kappa shape index (κ1) is 14.9. The molecule has 3 aromatic rings. The number of hydrogen-bond acceptors (Lipinski definition) is 7. The lowest BCUT2D eigenvalue weighted by Crippen LogP contribution is -2.03. The number of anilines is 1. The highest BCUT2D eigenvalue weighted by atomic mass is 32.2. The number of nitrogen functional groups attached to an aromatic ring is 1. The van der Waals surface area contributed by atoms with E-state index in [0.29, 0.717) is 24.1 Å². The lowest BCUT2D eigenvalue weighted by molar-refractivity contribution is 0.542. The van der Waals surface area contributed by atoms with Gasteiger partial charge >= 0.3 is 0 Å². The minimum Gasteiger partial charge on any atom is -0.440 e. The predicted octanol–water partition coefficient (Wildman–Crippen LogP) is 3.36. The first-order valence-electron chi connectivity index (χ1n) is 6.61. The summed E-state index contributed by atoms with van der Waals surface area (Å²) >= 11 is 3.14. The molecule has 2 N–H and O–H groups in total. The van der Waals surface area contributed by atoms with Gasteiger partial charge in [0, 0.05) is 12.3 Å². The Kier molecular flexibility index (Phi) is 4.30. The van der Waals surface area contributed by atoms with Crippen molar-refractivity contribution < 1.29 is 4.42 Å². The van der Waals surface area contributed by atoms with Gasteiger partial charge < -0.3 is 10.2 Å². The molecule has 0 fully saturated rings. The summed E-state index contributed by atoms with van der Waals surface area (Å²) in [4.78, 5) is 5.59. The first-order chi connectivity index (χ1) is 10.7. The van der Waals surface area contributed by atoms with Gasteiger partial charge in [0.15, 0.2) is 5.16 Å². The number of nitrogens with two attached hydrogens (primary N) is 1. The molecule has 0 aromatic carbocycles. The monoisotopic (exact) mass is 333 g/mol. The van der Waals surface area contributed by atoms with Crippen LogP contribution in [0.4, 0.5) is 5.95 Å². The van der Waals surface area contributed by atoms with Gasteiger partial charge in [0.2, 0.25) is 11.8 Å². The first-order valence-corrected chi connectivity index (χ1v) is 8.48. The summed E-state index contributed by atoms with van der Waals surface area (Å²) in [6.07, 6.45) is 1.76. The van der Waals surface area contributed by atoms with Crippen molar-refractivity contribution in [1.29, 1.82) is 0 Å². The average Bonchev–Trinajstić information content (AvgIpc) is 3.20. The SMILES string of the molecule is C=CCn1c(N)nnc1SCc1nc(-c2cccs2)oc1C. The highest BCUT2D eigenvalue weighted by Gasteiger charge is 2.15. The fourth-order valence-corrected chi connectivity index (χ4v) is 3.51. The van der Waals surface area contributed by atoms with Gasteiger partial charge in [-0.25, -0.2) is 4.98 Å². The number of nitrogens with zero attached hydrogens (tertiary/aromatic N) is 4. The van der Waals surface area contributed by atoms with Crippen LogP contribution in [0.3, 0.4) is 0 Å². The molecule has 22 heavy (non-hydrogen) atoms. The number of oxazole rings is 1. The molecule has 0 spiro atoms. The Balaban J connectivity index is 1.76. The van der Waals surface area contributed by atoms with E-state index in [0.717, 1.165) is 21.5 Å². The van der Waals surface area contributed by atoms with Crippen LogP contribution >= 0.6 is 23.1 Å². The van der Waals surface area contributed by atoms with Gasteiger partial charge in [0.25, 0.3) is 0 Å².